The summed E-state index contributed by atoms with van der Waals surface area (Å²) in [5.41, 5.74) is 3.01. The number of hydrogen-bond donors (Lipinski definition) is 1. The van der Waals surface area contributed by atoms with Crippen molar-refractivity contribution < 1.29 is 14.5 Å². The van der Waals surface area contributed by atoms with E-state index in [-0.39, 0.29) is 41.2 Å². The first-order chi connectivity index (χ1) is 10.6. The van der Waals surface area contributed by atoms with Gasteiger partial charge in [0, 0.05) is 12.1 Å². The summed E-state index contributed by atoms with van der Waals surface area (Å²) in [6.45, 7) is 0. The van der Waals surface area contributed by atoms with Gasteiger partial charge in [-0.15, -0.1) is 0 Å². The summed E-state index contributed by atoms with van der Waals surface area (Å²) in [7, 11) is 0. The van der Waals surface area contributed by atoms with E-state index < -0.39 is 4.92 Å². The molecule has 7 nitrogen and oxygen atoms in total. The number of carbonyl (C=O) groups is 2. The van der Waals surface area contributed by atoms with Gasteiger partial charge in [0.15, 0.2) is 0 Å². The number of hydrogen-bond acceptors (Lipinski definition) is 4. The van der Waals surface area contributed by atoms with Crippen LogP contribution in [0.25, 0.3) is 0 Å². The molecule has 1 N–H and O–H groups in total. The Labute approximate surface area is 125 Å². The number of nitro benzene ring substituents is 1. The zero-order valence-corrected chi connectivity index (χ0v) is 11.5. The van der Waals surface area contributed by atoms with Crippen molar-refractivity contribution in [2.45, 2.75) is 6.42 Å². The molecule has 0 aromatic heterocycles. The molecule has 1 heterocycles. The molecule has 4 atom stereocenters. The van der Waals surface area contributed by atoms with E-state index >= 15 is 0 Å². The van der Waals surface area contributed by atoms with E-state index in [4.69, 9.17) is 0 Å². The van der Waals surface area contributed by atoms with Gasteiger partial charge < -0.3 is 0 Å². The number of allylic oxidation sites excluding steroid dienone is 2. The van der Waals surface area contributed by atoms with Crippen LogP contribution in [0.5, 0.6) is 0 Å². The van der Waals surface area contributed by atoms with Crippen molar-refractivity contribution in [1.29, 1.82) is 0 Å². The Balaban J connectivity index is 1.66. The lowest BCUT2D eigenvalue weighted by atomic mass is 9.80. The fraction of sp³-hybridized carbons (Fsp3) is 0.333. The van der Waals surface area contributed by atoms with Crippen molar-refractivity contribution >= 4 is 23.2 Å². The van der Waals surface area contributed by atoms with Gasteiger partial charge in [0.05, 0.1) is 22.4 Å². The molecule has 1 aromatic carbocycles. The Kier molecular flexibility index (Phi) is 2.60. The molecule has 0 spiro atoms. The van der Waals surface area contributed by atoms with E-state index in [9.17, 15) is 19.7 Å². The Hall–Kier alpha value is -2.70. The number of fused-ring (bicyclic) bond motifs is 5. The van der Waals surface area contributed by atoms with Crippen LogP contribution in [0.4, 0.5) is 11.4 Å². The minimum atomic E-state index is -0.503. The molecule has 2 amide bonds. The van der Waals surface area contributed by atoms with Crippen LogP contribution < -0.4 is 10.4 Å². The smallest absolute Gasteiger partial charge is 0.269 e. The van der Waals surface area contributed by atoms with Gasteiger partial charge in [-0.05, 0) is 30.4 Å². The van der Waals surface area contributed by atoms with Gasteiger partial charge in [0.1, 0.15) is 0 Å². The molecule has 2 fully saturated rings. The lowest BCUT2D eigenvalue weighted by Gasteiger charge is -2.37. The number of rotatable bonds is 2. The summed E-state index contributed by atoms with van der Waals surface area (Å²) in [6, 6.07) is 5.59. The fourth-order valence-corrected chi connectivity index (χ4v) is 3.82. The quantitative estimate of drug-likeness (QED) is 0.507. The average molecular weight is 299 g/mol. The van der Waals surface area contributed by atoms with E-state index in [0.29, 0.717) is 5.69 Å². The van der Waals surface area contributed by atoms with Gasteiger partial charge >= 0.3 is 0 Å². The van der Waals surface area contributed by atoms with Crippen LogP contribution >= 0.6 is 0 Å². The van der Waals surface area contributed by atoms with E-state index in [1.165, 1.54) is 29.3 Å². The lowest BCUT2D eigenvalue weighted by Crippen LogP contribution is -2.60. The Morgan fingerprint density at radius 2 is 1.73 bits per heavy atom. The summed E-state index contributed by atoms with van der Waals surface area (Å²) in [5, 5.41) is 11.9. The molecular formula is C15H13N3O4. The van der Waals surface area contributed by atoms with Crippen LogP contribution in [0.1, 0.15) is 6.42 Å². The van der Waals surface area contributed by atoms with Crippen molar-refractivity contribution in [3.8, 4) is 0 Å². The number of benzene rings is 1. The van der Waals surface area contributed by atoms with Gasteiger partial charge in [-0.2, -0.15) is 0 Å². The number of carbonyl (C=O) groups excluding carboxylic acids is 2. The van der Waals surface area contributed by atoms with Crippen molar-refractivity contribution in [3.63, 3.8) is 0 Å². The lowest BCUT2D eigenvalue weighted by molar-refractivity contribution is -0.384. The van der Waals surface area contributed by atoms with E-state index in [0.717, 1.165) is 6.42 Å². The molecule has 1 aromatic rings. The van der Waals surface area contributed by atoms with E-state index in [1.54, 1.807) is 0 Å². The first kappa shape index (κ1) is 13.0. The Bertz CT molecular complexity index is 712. The molecule has 2 aliphatic carbocycles. The van der Waals surface area contributed by atoms with Crippen LogP contribution in [0, 0.1) is 33.8 Å². The zero-order chi connectivity index (χ0) is 15.4. The first-order valence-corrected chi connectivity index (χ1v) is 7.13. The number of nitrogens with one attached hydrogen (secondary N) is 1. The van der Waals surface area contributed by atoms with Crippen LogP contribution in [-0.4, -0.2) is 16.7 Å². The number of nitro groups is 1. The van der Waals surface area contributed by atoms with Gasteiger partial charge in [0.25, 0.3) is 5.69 Å². The second-order valence-electron chi connectivity index (χ2n) is 5.92. The predicted octanol–water partition coefficient (Wildman–Crippen LogP) is 1.41. The largest absolute Gasteiger partial charge is 0.273 e. The Morgan fingerprint density at radius 1 is 1.09 bits per heavy atom. The monoisotopic (exact) mass is 299 g/mol. The van der Waals surface area contributed by atoms with Gasteiger partial charge in [0.2, 0.25) is 11.8 Å². The molecule has 1 saturated carbocycles. The maximum absolute atomic E-state index is 12.7. The maximum atomic E-state index is 12.7. The first-order valence-electron chi connectivity index (χ1n) is 7.13. The maximum Gasteiger partial charge on any atom is 0.269 e. The molecule has 2 bridgehead atoms. The second kappa shape index (κ2) is 4.40. The molecule has 1 saturated heterocycles. The topological polar surface area (TPSA) is 92.6 Å². The molecule has 4 rings (SSSR count). The van der Waals surface area contributed by atoms with Crippen LogP contribution in [-0.2, 0) is 9.59 Å². The van der Waals surface area contributed by atoms with Crippen LogP contribution in [0.3, 0.4) is 0 Å². The fourth-order valence-electron chi connectivity index (χ4n) is 3.82. The second-order valence-corrected chi connectivity index (χ2v) is 5.92. The highest BCUT2D eigenvalue weighted by Crippen LogP contribution is 2.50. The van der Waals surface area contributed by atoms with Gasteiger partial charge in [-0.1, -0.05) is 12.2 Å². The summed E-state index contributed by atoms with van der Waals surface area (Å²) in [5.74, 6) is -0.627. The summed E-state index contributed by atoms with van der Waals surface area (Å²) in [4.78, 5) is 35.2. The molecular weight excluding hydrogens is 286 g/mol. The number of amides is 2. The number of anilines is 1. The van der Waals surface area contributed by atoms with Gasteiger partial charge in [-0.3, -0.25) is 25.1 Å². The molecule has 3 aliphatic rings. The molecule has 1 aliphatic heterocycles. The standard InChI is InChI=1S/C15H13N3O4/c19-14-12-8-1-2-9(7-8)13(12)15(20)17(16-14)10-3-5-11(6-4-10)18(21)22/h1-6,8-9,12-13H,7H2,(H,16,19)/t8-,9+,12+,13+/m0/s1. The third-order valence-electron chi connectivity index (χ3n) is 4.81. The summed E-state index contributed by atoms with van der Waals surface area (Å²) in [6.07, 6.45) is 4.90. The molecule has 112 valence electrons. The minimum Gasteiger partial charge on any atom is -0.273 e. The van der Waals surface area contributed by atoms with Gasteiger partial charge in [-0.25, -0.2) is 5.01 Å². The highest BCUT2D eigenvalue weighted by atomic mass is 16.6. The third-order valence-corrected chi connectivity index (χ3v) is 4.81. The summed E-state index contributed by atoms with van der Waals surface area (Å²) < 4.78 is 0. The predicted molar refractivity (Wildman–Crippen MR) is 76.4 cm³/mol. The number of nitrogens with zero attached hydrogens (tertiary/aromatic N) is 2. The van der Waals surface area contributed by atoms with Crippen molar-refractivity contribution in [2.24, 2.45) is 23.7 Å². The SMILES string of the molecule is O=C1NN(c2ccc([N+](=O)[O-])cc2)C(=O)[C@H]2[C@H]1[C@H]1C=C[C@@H]2C1. The van der Waals surface area contributed by atoms with Crippen molar-refractivity contribution in [2.75, 3.05) is 5.01 Å². The molecule has 0 radical (unpaired) electrons. The normalized spacial score (nSPS) is 32.1. The zero-order valence-electron chi connectivity index (χ0n) is 11.5. The number of non-ortho nitro benzene ring substituents is 1. The van der Waals surface area contributed by atoms with Crippen LogP contribution in [0.15, 0.2) is 36.4 Å². The third kappa shape index (κ3) is 1.68. The Morgan fingerprint density at radius 3 is 2.36 bits per heavy atom. The minimum absolute atomic E-state index is 0.0553. The van der Waals surface area contributed by atoms with E-state index in [2.05, 4.69) is 5.43 Å². The van der Waals surface area contributed by atoms with Crippen LogP contribution in [0.2, 0.25) is 0 Å². The number of hydrazine groups is 1. The van der Waals surface area contributed by atoms with Crippen molar-refractivity contribution in [3.05, 3.63) is 46.5 Å². The average Bonchev–Trinajstić information content (AvgIpc) is 3.12. The molecule has 7 heteroatoms. The van der Waals surface area contributed by atoms with E-state index in [1.807, 2.05) is 12.2 Å². The summed E-state index contributed by atoms with van der Waals surface area (Å²) >= 11 is 0. The highest BCUT2D eigenvalue weighted by Gasteiger charge is 2.55. The molecule has 0 unspecified atom stereocenters. The van der Waals surface area contributed by atoms with Crippen molar-refractivity contribution in [1.82, 2.24) is 5.43 Å². The highest BCUT2D eigenvalue weighted by molar-refractivity contribution is 6.05. The molecule has 22 heavy (non-hydrogen) atoms.